The molecule has 0 bridgehead atoms. The summed E-state index contributed by atoms with van der Waals surface area (Å²) < 4.78 is 4.70. The summed E-state index contributed by atoms with van der Waals surface area (Å²) in [6.07, 6.45) is -0.169. The largest absolute Gasteiger partial charge is 0.480 e. The normalized spacial score (nSPS) is 20.9. The van der Waals surface area contributed by atoms with Gasteiger partial charge in [-0.1, -0.05) is 24.3 Å². The average molecular weight is 265 g/mol. The van der Waals surface area contributed by atoms with Crippen LogP contribution in [-0.4, -0.2) is 41.4 Å². The van der Waals surface area contributed by atoms with Crippen molar-refractivity contribution in [1.82, 2.24) is 5.32 Å². The molecule has 0 heterocycles. The van der Waals surface area contributed by atoms with Crippen LogP contribution in [0.4, 0.5) is 0 Å². The lowest BCUT2D eigenvalue weighted by molar-refractivity contribution is -0.143. The number of aliphatic carboxylic acids is 1. The number of fused-ring (bicyclic) bond motifs is 1. The van der Waals surface area contributed by atoms with Crippen molar-refractivity contribution < 1.29 is 24.5 Å². The minimum absolute atomic E-state index is 0.336. The third kappa shape index (κ3) is 3.30. The number of rotatable bonds is 5. The van der Waals surface area contributed by atoms with Crippen LogP contribution in [0.1, 0.15) is 17.2 Å². The molecule has 2 atom stereocenters. The van der Waals surface area contributed by atoms with E-state index in [1.54, 1.807) is 0 Å². The van der Waals surface area contributed by atoms with Crippen LogP contribution in [0.2, 0.25) is 0 Å². The number of carbonyl (C=O) groups is 2. The van der Waals surface area contributed by atoms with Crippen molar-refractivity contribution in [3.8, 4) is 0 Å². The minimum Gasteiger partial charge on any atom is -0.480 e. The quantitative estimate of drug-likeness (QED) is 0.688. The van der Waals surface area contributed by atoms with Gasteiger partial charge in [0.15, 0.2) is 0 Å². The van der Waals surface area contributed by atoms with E-state index in [1.165, 1.54) is 0 Å². The molecule has 2 rings (SSSR count). The Kier molecular flexibility index (Phi) is 4.13. The first kappa shape index (κ1) is 13.5. The van der Waals surface area contributed by atoms with Gasteiger partial charge in [-0.2, -0.15) is 0 Å². The lowest BCUT2D eigenvalue weighted by Crippen LogP contribution is -2.36. The van der Waals surface area contributed by atoms with E-state index in [9.17, 15) is 14.7 Å². The highest BCUT2D eigenvalue weighted by atomic mass is 16.5. The minimum atomic E-state index is -1.13. The summed E-state index contributed by atoms with van der Waals surface area (Å²) >= 11 is 0. The average Bonchev–Trinajstić information content (AvgIpc) is 2.66. The molecule has 0 unspecified atom stereocenters. The second-order valence-corrected chi connectivity index (χ2v) is 4.40. The van der Waals surface area contributed by atoms with E-state index in [0.29, 0.717) is 6.42 Å². The van der Waals surface area contributed by atoms with E-state index in [2.05, 4.69) is 5.32 Å². The van der Waals surface area contributed by atoms with Gasteiger partial charge in [-0.05, 0) is 11.1 Å². The van der Waals surface area contributed by atoms with Gasteiger partial charge in [0, 0.05) is 6.42 Å². The van der Waals surface area contributed by atoms with Gasteiger partial charge in [0.25, 0.3) is 0 Å². The maximum atomic E-state index is 11.6. The zero-order valence-corrected chi connectivity index (χ0v) is 10.2. The van der Waals surface area contributed by atoms with Crippen molar-refractivity contribution in [2.45, 2.75) is 18.6 Å². The SMILES string of the molecule is O=C(O)COCC(=O)N[C@@H]1c2ccccc2C[C@@H]1O. The molecule has 0 radical (unpaired) electrons. The molecule has 1 aromatic carbocycles. The van der Waals surface area contributed by atoms with E-state index < -0.39 is 30.6 Å². The molecule has 19 heavy (non-hydrogen) atoms. The van der Waals surface area contributed by atoms with Gasteiger partial charge in [0.2, 0.25) is 5.91 Å². The predicted octanol–water partition coefficient (Wildman–Crippen LogP) is -0.138. The Morgan fingerprint density at radius 3 is 2.79 bits per heavy atom. The standard InChI is InChI=1S/C13H15NO5/c15-10-5-8-3-1-2-4-9(8)13(10)14-11(16)6-19-7-12(17)18/h1-4,10,13,15H,5-7H2,(H,14,16)(H,17,18)/t10-,13+/m0/s1. The third-order valence-corrected chi connectivity index (χ3v) is 2.98. The number of nitrogens with one attached hydrogen (secondary N) is 1. The number of aliphatic hydroxyl groups excluding tert-OH is 1. The maximum absolute atomic E-state index is 11.6. The second-order valence-electron chi connectivity index (χ2n) is 4.40. The molecule has 1 aliphatic rings. The zero-order chi connectivity index (χ0) is 13.8. The highest BCUT2D eigenvalue weighted by molar-refractivity contribution is 5.78. The molecule has 0 saturated carbocycles. The molecule has 0 aromatic heterocycles. The number of benzene rings is 1. The molecule has 0 saturated heterocycles. The number of carbonyl (C=O) groups excluding carboxylic acids is 1. The maximum Gasteiger partial charge on any atom is 0.329 e. The van der Waals surface area contributed by atoms with Gasteiger partial charge >= 0.3 is 5.97 Å². The highest BCUT2D eigenvalue weighted by Gasteiger charge is 2.31. The summed E-state index contributed by atoms with van der Waals surface area (Å²) in [5, 5.41) is 21.0. The van der Waals surface area contributed by atoms with Crippen molar-refractivity contribution in [3.05, 3.63) is 35.4 Å². The zero-order valence-electron chi connectivity index (χ0n) is 10.2. The molecule has 1 aromatic rings. The topological polar surface area (TPSA) is 95.9 Å². The fourth-order valence-electron chi connectivity index (χ4n) is 2.19. The highest BCUT2D eigenvalue weighted by Crippen LogP contribution is 2.30. The monoisotopic (exact) mass is 265 g/mol. The van der Waals surface area contributed by atoms with Crippen molar-refractivity contribution in [2.24, 2.45) is 0 Å². The van der Waals surface area contributed by atoms with Crippen LogP contribution >= 0.6 is 0 Å². The first-order chi connectivity index (χ1) is 9.08. The van der Waals surface area contributed by atoms with Crippen molar-refractivity contribution in [2.75, 3.05) is 13.2 Å². The van der Waals surface area contributed by atoms with Crippen molar-refractivity contribution >= 4 is 11.9 Å². The Morgan fingerprint density at radius 1 is 1.32 bits per heavy atom. The summed E-state index contributed by atoms with van der Waals surface area (Å²) in [5.41, 5.74) is 1.90. The van der Waals surface area contributed by atoms with E-state index in [0.717, 1.165) is 11.1 Å². The molecule has 1 aliphatic carbocycles. The first-order valence-corrected chi connectivity index (χ1v) is 5.92. The molecule has 3 N–H and O–H groups in total. The molecule has 0 spiro atoms. The molecule has 0 fully saturated rings. The van der Waals surface area contributed by atoms with Crippen LogP contribution < -0.4 is 5.32 Å². The number of amides is 1. The predicted molar refractivity (Wildman–Crippen MR) is 65.5 cm³/mol. The Hall–Kier alpha value is -1.92. The van der Waals surface area contributed by atoms with Crippen molar-refractivity contribution in [1.29, 1.82) is 0 Å². The molecular formula is C13H15NO5. The molecule has 1 amide bonds. The molecule has 6 nitrogen and oxygen atoms in total. The second kappa shape index (κ2) is 5.81. The lowest BCUT2D eigenvalue weighted by Gasteiger charge is -2.17. The first-order valence-electron chi connectivity index (χ1n) is 5.92. The summed E-state index contributed by atoms with van der Waals surface area (Å²) in [6.45, 7) is -0.852. The van der Waals surface area contributed by atoms with Gasteiger partial charge in [0.05, 0.1) is 12.1 Å². The van der Waals surface area contributed by atoms with E-state index in [4.69, 9.17) is 9.84 Å². The molecule has 6 heteroatoms. The summed E-state index contributed by atoms with van der Waals surface area (Å²) in [4.78, 5) is 21.8. The smallest absolute Gasteiger partial charge is 0.329 e. The number of carboxylic acid groups (broad SMARTS) is 1. The fourth-order valence-corrected chi connectivity index (χ4v) is 2.19. The molecule has 102 valence electrons. The van der Waals surface area contributed by atoms with Gasteiger partial charge in [0.1, 0.15) is 13.2 Å². The van der Waals surface area contributed by atoms with Gasteiger partial charge in [-0.3, -0.25) is 4.79 Å². The Morgan fingerprint density at radius 2 is 2.05 bits per heavy atom. The Balaban J connectivity index is 1.92. The van der Waals surface area contributed by atoms with Crippen LogP contribution in [0.5, 0.6) is 0 Å². The lowest BCUT2D eigenvalue weighted by atomic mass is 10.1. The van der Waals surface area contributed by atoms with E-state index in [-0.39, 0.29) is 6.61 Å². The summed E-state index contributed by atoms with van der Waals surface area (Å²) in [7, 11) is 0. The van der Waals surface area contributed by atoms with Crippen LogP contribution in [0, 0.1) is 0 Å². The molecular weight excluding hydrogens is 250 g/mol. The third-order valence-electron chi connectivity index (χ3n) is 2.98. The van der Waals surface area contributed by atoms with E-state index >= 15 is 0 Å². The van der Waals surface area contributed by atoms with E-state index in [1.807, 2.05) is 24.3 Å². The van der Waals surface area contributed by atoms with Crippen LogP contribution in [0.3, 0.4) is 0 Å². The van der Waals surface area contributed by atoms with Gasteiger partial charge in [-0.15, -0.1) is 0 Å². The van der Waals surface area contributed by atoms with Crippen LogP contribution in [0.25, 0.3) is 0 Å². The fraction of sp³-hybridized carbons (Fsp3) is 0.385. The Bertz CT molecular complexity index is 488. The number of ether oxygens (including phenoxy) is 1. The number of hydrogen-bond acceptors (Lipinski definition) is 4. The number of carboxylic acids is 1. The van der Waals surface area contributed by atoms with Crippen LogP contribution in [0.15, 0.2) is 24.3 Å². The number of aliphatic hydroxyl groups is 1. The summed E-state index contributed by atoms with van der Waals surface area (Å²) in [6, 6.07) is 7.03. The summed E-state index contributed by atoms with van der Waals surface area (Å²) in [5.74, 6) is -1.57. The van der Waals surface area contributed by atoms with Gasteiger partial charge in [-0.25, -0.2) is 4.79 Å². The van der Waals surface area contributed by atoms with Crippen LogP contribution in [-0.2, 0) is 20.7 Å². The number of hydrogen-bond donors (Lipinski definition) is 3. The van der Waals surface area contributed by atoms with Gasteiger partial charge < -0.3 is 20.3 Å². The molecule has 0 aliphatic heterocycles. The Labute approximate surface area is 110 Å². The van der Waals surface area contributed by atoms with Crippen molar-refractivity contribution in [3.63, 3.8) is 0 Å².